The van der Waals surface area contributed by atoms with E-state index >= 15 is 0 Å². The van der Waals surface area contributed by atoms with Gasteiger partial charge in [0.1, 0.15) is 5.69 Å². The molecule has 176 valence electrons. The number of fused-ring (bicyclic) bond motifs is 2. The van der Waals surface area contributed by atoms with Crippen LogP contribution in [0.4, 0.5) is 0 Å². The SMILES string of the molecule is c1cc(-c2ccncc2)c2cc(-c3n[nH]c4ccc(-c5cncc(CN6CCCC6)c5)cc34)[nH]c2c1. The van der Waals surface area contributed by atoms with Crippen molar-refractivity contribution in [2.75, 3.05) is 13.1 Å². The van der Waals surface area contributed by atoms with Gasteiger partial charge in [0.2, 0.25) is 0 Å². The van der Waals surface area contributed by atoms with E-state index < -0.39 is 0 Å². The summed E-state index contributed by atoms with van der Waals surface area (Å²) < 4.78 is 0. The molecule has 7 rings (SSSR count). The standard InChI is InChI=1S/C30H26N6/c1-2-13-36(12-1)19-20-14-23(18-32-17-20)22-6-7-28-26(15-22)30(35-34-28)29-16-25-24(4-3-5-27(25)33-29)21-8-10-31-11-9-21/h3-11,14-18,33H,1-2,12-13,19H2,(H,34,35). The molecule has 0 radical (unpaired) electrons. The molecule has 1 saturated heterocycles. The molecule has 4 aromatic heterocycles. The van der Waals surface area contributed by atoms with Crippen LogP contribution in [-0.2, 0) is 6.54 Å². The van der Waals surface area contributed by atoms with Crippen molar-refractivity contribution in [1.29, 1.82) is 0 Å². The van der Waals surface area contributed by atoms with Crippen LogP contribution in [0.5, 0.6) is 0 Å². The summed E-state index contributed by atoms with van der Waals surface area (Å²) in [5.41, 5.74) is 9.90. The summed E-state index contributed by atoms with van der Waals surface area (Å²) in [4.78, 5) is 14.8. The lowest BCUT2D eigenvalue weighted by Crippen LogP contribution is -2.18. The molecule has 6 heteroatoms. The van der Waals surface area contributed by atoms with Crippen LogP contribution in [0.25, 0.3) is 55.4 Å². The summed E-state index contributed by atoms with van der Waals surface area (Å²) in [6, 6.07) is 21.4. The van der Waals surface area contributed by atoms with Gasteiger partial charge in [-0.3, -0.25) is 20.0 Å². The molecule has 36 heavy (non-hydrogen) atoms. The van der Waals surface area contributed by atoms with E-state index in [-0.39, 0.29) is 0 Å². The lowest BCUT2D eigenvalue weighted by Gasteiger charge is -2.14. The normalized spacial score (nSPS) is 14.2. The van der Waals surface area contributed by atoms with E-state index in [1.54, 1.807) is 0 Å². The van der Waals surface area contributed by atoms with E-state index in [2.05, 4.69) is 73.5 Å². The maximum atomic E-state index is 4.70. The number of pyridine rings is 2. The van der Waals surface area contributed by atoms with Crippen LogP contribution in [0.3, 0.4) is 0 Å². The highest BCUT2D eigenvalue weighted by molar-refractivity contribution is 6.01. The van der Waals surface area contributed by atoms with Crippen molar-refractivity contribution < 1.29 is 0 Å². The van der Waals surface area contributed by atoms with Gasteiger partial charge < -0.3 is 4.98 Å². The van der Waals surface area contributed by atoms with E-state index in [1.165, 1.54) is 42.4 Å². The van der Waals surface area contributed by atoms with Crippen LogP contribution in [0.15, 0.2) is 85.5 Å². The first-order valence-electron chi connectivity index (χ1n) is 12.5. The topological polar surface area (TPSA) is 73.5 Å². The van der Waals surface area contributed by atoms with Gasteiger partial charge in [0, 0.05) is 53.2 Å². The number of hydrogen-bond acceptors (Lipinski definition) is 4. The van der Waals surface area contributed by atoms with Gasteiger partial charge >= 0.3 is 0 Å². The monoisotopic (exact) mass is 470 g/mol. The van der Waals surface area contributed by atoms with Crippen molar-refractivity contribution in [3.8, 4) is 33.6 Å². The molecule has 2 N–H and O–H groups in total. The summed E-state index contributed by atoms with van der Waals surface area (Å²) in [6.45, 7) is 3.33. The maximum absolute atomic E-state index is 4.70. The molecular formula is C30H26N6. The zero-order valence-corrected chi connectivity index (χ0v) is 19.9. The number of nitrogens with one attached hydrogen (secondary N) is 2. The predicted molar refractivity (Wildman–Crippen MR) is 144 cm³/mol. The van der Waals surface area contributed by atoms with Crippen molar-refractivity contribution in [1.82, 2.24) is 30.0 Å². The van der Waals surface area contributed by atoms with Crippen LogP contribution >= 0.6 is 0 Å². The maximum Gasteiger partial charge on any atom is 0.116 e. The second-order valence-electron chi connectivity index (χ2n) is 9.58. The minimum Gasteiger partial charge on any atom is -0.353 e. The molecule has 2 aromatic carbocycles. The molecule has 6 nitrogen and oxygen atoms in total. The Hall–Kier alpha value is -4.29. The third kappa shape index (κ3) is 3.76. The molecular weight excluding hydrogens is 444 g/mol. The average Bonchev–Trinajstić information content (AvgIpc) is 3.68. The lowest BCUT2D eigenvalue weighted by molar-refractivity contribution is 0.331. The van der Waals surface area contributed by atoms with Gasteiger partial charge in [0.05, 0.1) is 11.2 Å². The molecule has 6 aromatic rings. The van der Waals surface area contributed by atoms with E-state index in [4.69, 9.17) is 5.10 Å². The molecule has 1 aliphatic rings. The Morgan fingerprint density at radius 2 is 1.64 bits per heavy atom. The molecule has 0 amide bonds. The van der Waals surface area contributed by atoms with Crippen LogP contribution in [-0.4, -0.2) is 43.1 Å². The van der Waals surface area contributed by atoms with E-state index in [9.17, 15) is 0 Å². The van der Waals surface area contributed by atoms with Gasteiger partial charge in [-0.1, -0.05) is 18.2 Å². The van der Waals surface area contributed by atoms with Crippen molar-refractivity contribution in [3.05, 3.63) is 91.0 Å². The Morgan fingerprint density at radius 1 is 0.750 bits per heavy atom. The van der Waals surface area contributed by atoms with Gasteiger partial charge in [-0.25, -0.2) is 0 Å². The lowest BCUT2D eigenvalue weighted by atomic mass is 10.0. The smallest absolute Gasteiger partial charge is 0.116 e. The Morgan fingerprint density at radius 3 is 2.53 bits per heavy atom. The zero-order valence-electron chi connectivity index (χ0n) is 19.9. The molecule has 1 aliphatic heterocycles. The number of nitrogens with zero attached hydrogens (tertiary/aromatic N) is 4. The van der Waals surface area contributed by atoms with Crippen molar-refractivity contribution in [2.45, 2.75) is 19.4 Å². The first kappa shape index (κ1) is 21.0. The third-order valence-electron chi connectivity index (χ3n) is 7.21. The second-order valence-corrected chi connectivity index (χ2v) is 9.58. The summed E-state index contributed by atoms with van der Waals surface area (Å²) in [5, 5.41) is 10.2. The number of hydrogen-bond donors (Lipinski definition) is 2. The van der Waals surface area contributed by atoms with E-state index in [0.29, 0.717) is 0 Å². The Kier molecular flexibility index (Phi) is 5.10. The number of likely N-dealkylation sites (tertiary alicyclic amines) is 1. The number of aromatic amines is 2. The molecule has 0 saturated carbocycles. The van der Waals surface area contributed by atoms with Gasteiger partial charge in [-0.15, -0.1) is 0 Å². The highest BCUT2D eigenvalue weighted by atomic mass is 15.1. The summed E-state index contributed by atoms with van der Waals surface area (Å²) in [6.07, 6.45) is 10.2. The zero-order chi connectivity index (χ0) is 23.9. The Labute approximate surface area is 209 Å². The Balaban J connectivity index is 1.28. The quantitative estimate of drug-likeness (QED) is 0.304. The average molecular weight is 471 g/mol. The largest absolute Gasteiger partial charge is 0.353 e. The van der Waals surface area contributed by atoms with Crippen LogP contribution < -0.4 is 0 Å². The molecule has 0 spiro atoms. The molecule has 0 atom stereocenters. The minimum atomic E-state index is 0.921. The predicted octanol–water partition coefficient (Wildman–Crippen LogP) is 6.43. The van der Waals surface area contributed by atoms with Crippen molar-refractivity contribution in [3.63, 3.8) is 0 Å². The van der Waals surface area contributed by atoms with Gasteiger partial charge in [-0.05, 0) is 90.6 Å². The van der Waals surface area contributed by atoms with Crippen molar-refractivity contribution in [2.24, 2.45) is 0 Å². The number of H-pyrrole nitrogens is 2. The molecule has 0 bridgehead atoms. The summed E-state index contributed by atoms with van der Waals surface area (Å²) in [7, 11) is 0. The van der Waals surface area contributed by atoms with E-state index in [1.807, 2.05) is 36.9 Å². The number of benzene rings is 2. The Bertz CT molecular complexity index is 1670. The minimum absolute atomic E-state index is 0.921. The highest BCUT2D eigenvalue weighted by Gasteiger charge is 2.15. The van der Waals surface area contributed by atoms with Gasteiger partial charge in [0.25, 0.3) is 0 Å². The first-order valence-corrected chi connectivity index (χ1v) is 12.5. The summed E-state index contributed by atoms with van der Waals surface area (Å²) in [5.74, 6) is 0. The van der Waals surface area contributed by atoms with E-state index in [0.717, 1.165) is 51.0 Å². The number of aromatic nitrogens is 5. The van der Waals surface area contributed by atoms with Crippen LogP contribution in [0.2, 0.25) is 0 Å². The molecule has 0 aliphatic carbocycles. The molecule has 1 fully saturated rings. The van der Waals surface area contributed by atoms with Crippen LogP contribution in [0, 0.1) is 0 Å². The fourth-order valence-corrected chi connectivity index (χ4v) is 5.40. The fraction of sp³-hybridized carbons (Fsp3) is 0.167. The number of rotatable bonds is 5. The van der Waals surface area contributed by atoms with Crippen molar-refractivity contribution >= 4 is 21.8 Å². The summed E-state index contributed by atoms with van der Waals surface area (Å²) >= 11 is 0. The van der Waals surface area contributed by atoms with Gasteiger partial charge in [0.15, 0.2) is 0 Å². The fourth-order valence-electron chi connectivity index (χ4n) is 5.40. The van der Waals surface area contributed by atoms with Crippen LogP contribution in [0.1, 0.15) is 18.4 Å². The molecule has 5 heterocycles. The van der Waals surface area contributed by atoms with Gasteiger partial charge in [-0.2, -0.15) is 5.10 Å². The third-order valence-corrected chi connectivity index (χ3v) is 7.21. The highest BCUT2D eigenvalue weighted by Crippen LogP contribution is 2.35. The second kappa shape index (κ2) is 8.73. The first-order chi connectivity index (χ1) is 17.8. The molecule has 0 unspecified atom stereocenters.